The van der Waals surface area contributed by atoms with Crippen LogP contribution >= 0.6 is 11.3 Å². The molecule has 4 rings (SSSR count). The smallest absolute Gasteiger partial charge is 0.226 e. The largest absolute Gasteiger partial charge is 0.497 e. The Hall–Kier alpha value is -1.85. The van der Waals surface area contributed by atoms with Gasteiger partial charge >= 0.3 is 0 Å². The normalized spacial score (nSPS) is 21.5. The molecular weight excluding hydrogens is 344 g/mol. The van der Waals surface area contributed by atoms with E-state index < -0.39 is 0 Å². The Morgan fingerprint density at radius 1 is 1.12 bits per heavy atom. The quantitative estimate of drug-likeness (QED) is 0.828. The summed E-state index contributed by atoms with van der Waals surface area (Å²) in [5.41, 5.74) is 2.57. The van der Waals surface area contributed by atoms with Gasteiger partial charge in [-0.05, 0) is 74.1 Å². The topological polar surface area (TPSA) is 32.8 Å². The third-order valence-corrected chi connectivity index (χ3v) is 6.76. The first-order valence-corrected chi connectivity index (χ1v) is 10.2. The van der Waals surface area contributed by atoms with E-state index in [1.165, 1.54) is 16.0 Å². The summed E-state index contributed by atoms with van der Waals surface area (Å²) in [4.78, 5) is 19.2. The number of carbonyl (C=O) groups excluding carboxylic acids is 1. The molecule has 2 aromatic rings. The maximum absolute atomic E-state index is 13.4. The third-order valence-electron chi connectivity index (χ3n) is 5.75. The molecular formula is C21H26N2O2S. The molecule has 0 N–H and O–H groups in total. The van der Waals surface area contributed by atoms with E-state index in [0.29, 0.717) is 5.91 Å². The van der Waals surface area contributed by atoms with E-state index in [1.807, 2.05) is 12.1 Å². The average Bonchev–Trinajstić information content (AvgIpc) is 3.16. The zero-order valence-electron chi connectivity index (χ0n) is 15.5. The van der Waals surface area contributed by atoms with Crippen LogP contribution in [0.25, 0.3) is 0 Å². The zero-order valence-corrected chi connectivity index (χ0v) is 16.3. The second-order valence-corrected chi connectivity index (χ2v) is 8.29. The Balaban J connectivity index is 1.65. The lowest BCUT2D eigenvalue weighted by atomic mass is 9.90. The molecule has 4 nitrogen and oxygen atoms in total. The number of piperidine rings is 1. The molecule has 3 heterocycles. The maximum Gasteiger partial charge on any atom is 0.226 e. The van der Waals surface area contributed by atoms with Crippen LogP contribution in [0, 0.1) is 5.92 Å². The predicted molar refractivity (Wildman–Crippen MR) is 105 cm³/mol. The molecule has 5 heteroatoms. The number of fused-ring (bicyclic) bond motifs is 1. The van der Waals surface area contributed by atoms with Gasteiger partial charge in [-0.2, -0.15) is 0 Å². The van der Waals surface area contributed by atoms with Crippen LogP contribution in [0.5, 0.6) is 5.75 Å². The number of ether oxygens (including phenoxy) is 1. The molecule has 1 unspecified atom stereocenters. The molecule has 2 aliphatic heterocycles. The standard InChI is InChI=1S/C21H26N2O2S/c1-22-11-7-17(8-12-22)21(24)23-13-9-16-10-14-26-20(16)19(23)15-3-5-18(25-2)6-4-15/h3-6,10,14,17,19H,7-9,11-13H2,1-2H3. The maximum atomic E-state index is 13.4. The van der Waals surface area contributed by atoms with Gasteiger partial charge in [-0.1, -0.05) is 12.1 Å². The number of methoxy groups -OCH3 is 1. The summed E-state index contributed by atoms with van der Waals surface area (Å²) in [6.07, 6.45) is 2.90. The van der Waals surface area contributed by atoms with Crippen molar-refractivity contribution < 1.29 is 9.53 Å². The molecule has 1 fully saturated rings. The van der Waals surface area contributed by atoms with Gasteiger partial charge in [0, 0.05) is 17.3 Å². The number of hydrogen-bond acceptors (Lipinski definition) is 4. The number of thiophene rings is 1. The summed E-state index contributed by atoms with van der Waals surface area (Å²) >= 11 is 1.77. The highest BCUT2D eigenvalue weighted by atomic mass is 32.1. The summed E-state index contributed by atoms with van der Waals surface area (Å²) in [6, 6.07) is 10.5. The van der Waals surface area contributed by atoms with E-state index in [4.69, 9.17) is 4.74 Å². The molecule has 1 aromatic heterocycles. The first-order valence-electron chi connectivity index (χ1n) is 9.36. The Bertz CT molecular complexity index is 763. The van der Waals surface area contributed by atoms with Crippen LogP contribution in [-0.4, -0.2) is 49.5 Å². The van der Waals surface area contributed by atoms with Crippen molar-refractivity contribution in [2.75, 3.05) is 33.8 Å². The molecule has 1 amide bonds. The molecule has 0 aliphatic carbocycles. The summed E-state index contributed by atoms with van der Waals surface area (Å²) in [5, 5.41) is 2.16. The van der Waals surface area contributed by atoms with Gasteiger partial charge in [-0.3, -0.25) is 4.79 Å². The van der Waals surface area contributed by atoms with Gasteiger partial charge in [0.25, 0.3) is 0 Å². The second kappa shape index (κ2) is 7.41. The molecule has 1 saturated heterocycles. The highest BCUT2D eigenvalue weighted by Gasteiger charge is 2.36. The molecule has 26 heavy (non-hydrogen) atoms. The van der Waals surface area contributed by atoms with E-state index in [-0.39, 0.29) is 12.0 Å². The molecule has 1 atom stereocenters. The molecule has 0 saturated carbocycles. The Morgan fingerprint density at radius 3 is 2.54 bits per heavy atom. The van der Waals surface area contributed by atoms with Crippen LogP contribution in [0.1, 0.15) is 34.9 Å². The minimum atomic E-state index is 0.0387. The van der Waals surface area contributed by atoms with E-state index in [9.17, 15) is 4.79 Å². The lowest BCUT2D eigenvalue weighted by Crippen LogP contribution is -2.45. The van der Waals surface area contributed by atoms with Crippen molar-refractivity contribution in [1.29, 1.82) is 0 Å². The molecule has 0 bridgehead atoms. The van der Waals surface area contributed by atoms with Crippen LogP contribution in [0.3, 0.4) is 0 Å². The summed E-state index contributed by atoms with van der Waals surface area (Å²) < 4.78 is 5.31. The van der Waals surface area contributed by atoms with E-state index in [0.717, 1.165) is 44.6 Å². The van der Waals surface area contributed by atoms with Crippen LogP contribution in [0.4, 0.5) is 0 Å². The number of rotatable bonds is 3. The molecule has 1 aromatic carbocycles. The fraction of sp³-hybridized carbons (Fsp3) is 0.476. The van der Waals surface area contributed by atoms with Crippen molar-refractivity contribution in [2.24, 2.45) is 5.92 Å². The van der Waals surface area contributed by atoms with Gasteiger partial charge in [0.2, 0.25) is 5.91 Å². The van der Waals surface area contributed by atoms with Crippen molar-refractivity contribution in [3.8, 4) is 5.75 Å². The van der Waals surface area contributed by atoms with Crippen LogP contribution in [-0.2, 0) is 11.2 Å². The molecule has 0 spiro atoms. The Kier molecular flexibility index (Phi) is 5.00. The highest BCUT2D eigenvalue weighted by Crippen LogP contribution is 2.40. The highest BCUT2D eigenvalue weighted by molar-refractivity contribution is 7.10. The summed E-state index contributed by atoms with van der Waals surface area (Å²) in [7, 11) is 3.82. The number of likely N-dealkylation sites (tertiary alicyclic amines) is 1. The van der Waals surface area contributed by atoms with Crippen LogP contribution < -0.4 is 4.74 Å². The van der Waals surface area contributed by atoms with Gasteiger partial charge in [0.1, 0.15) is 5.75 Å². The van der Waals surface area contributed by atoms with Crippen LogP contribution in [0.2, 0.25) is 0 Å². The zero-order chi connectivity index (χ0) is 18.1. The summed E-state index contributed by atoms with van der Waals surface area (Å²) in [5.74, 6) is 1.34. The van der Waals surface area contributed by atoms with Crippen molar-refractivity contribution in [1.82, 2.24) is 9.80 Å². The van der Waals surface area contributed by atoms with Crippen LogP contribution in [0.15, 0.2) is 35.7 Å². The number of hydrogen-bond donors (Lipinski definition) is 0. The van der Waals surface area contributed by atoms with Gasteiger partial charge in [-0.15, -0.1) is 11.3 Å². The first kappa shape index (κ1) is 17.6. The SMILES string of the molecule is COc1ccc(C2c3sccc3CCN2C(=O)C2CCN(C)CC2)cc1. The van der Waals surface area contributed by atoms with Crippen molar-refractivity contribution in [2.45, 2.75) is 25.3 Å². The van der Waals surface area contributed by atoms with E-state index in [1.54, 1.807) is 18.4 Å². The van der Waals surface area contributed by atoms with Gasteiger partial charge in [0.05, 0.1) is 13.2 Å². The number of carbonyl (C=O) groups is 1. The first-order chi connectivity index (χ1) is 12.7. The Labute approximate surface area is 159 Å². The third kappa shape index (κ3) is 3.26. The van der Waals surface area contributed by atoms with Gasteiger partial charge in [-0.25, -0.2) is 0 Å². The Morgan fingerprint density at radius 2 is 1.85 bits per heavy atom. The monoisotopic (exact) mass is 370 g/mol. The molecule has 0 radical (unpaired) electrons. The number of benzene rings is 1. The van der Waals surface area contributed by atoms with Gasteiger partial charge in [0.15, 0.2) is 0 Å². The minimum absolute atomic E-state index is 0.0387. The fourth-order valence-corrected chi connectivity index (χ4v) is 5.24. The predicted octanol–water partition coefficient (Wildman–Crippen LogP) is 3.57. The molecule has 138 valence electrons. The van der Waals surface area contributed by atoms with Crippen molar-refractivity contribution >= 4 is 17.2 Å². The summed E-state index contributed by atoms with van der Waals surface area (Å²) in [6.45, 7) is 2.84. The van der Waals surface area contributed by atoms with Gasteiger partial charge < -0.3 is 14.5 Å². The minimum Gasteiger partial charge on any atom is -0.497 e. The lowest BCUT2D eigenvalue weighted by molar-refractivity contribution is -0.139. The second-order valence-electron chi connectivity index (χ2n) is 7.34. The average molecular weight is 371 g/mol. The number of amides is 1. The van der Waals surface area contributed by atoms with Crippen molar-refractivity contribution in [3.63, 3.8) is 0 Å². The lowest BCUT2D eigenvalue weighted by Gasteiger charge is -2.39. The van der Waals surface area contributed by atoms with E-state index in [2.05, 4.69) is 40.4 Å². The fourth-order valence-electron chi connectivity index (χ4n) is 4.15. The molecule has 2 aliphatic rings. The number of nitrogens with zero attached hydrogens (tertiary/aromatic N) is 2. The van der Waals surface area contributed by atoms with Crippen molar-refractivity contribution in [3.05, 3.63) is 51.7 Å². The van der Waals surface area contributed by atoms with E-state index >= 15 is 0 Å².